The van der Waals surface area contributed by atoms with Gasteiger partial charge in [-0.2, -0.15) is 16.8 Å². The molecule has 206 valence electrons. The van der Waals surface area contributed by atoms with Crippen molar-refractivity contribution in [3.8, 4) is 11.1 Å². The molecule has 4 rings (SSSR count). The number of piperazine rings is 1. The summed E-state index contributed by atoms with van der Waals surface area (Å²) in [5.41, 5.74) is 4.47. The lowest BCUT2D eigenvalue weighted by Gasteiger charge is -2.34. The molecule has 3 aromatic rings. The van der Waals surface area contributed by atoms with Crippen molar-refractivity contribution in [3.05, 3.63) is 96.1 Å². The Kier molecular flexibility index (Phi) is 12.2. The van der Waals surface area contributed by atoms with E-state index in [0.29, 0.717) is 19.1 Å². The second-order valence-electron chi connectivity index (χ2n) is 8.87. The Morgan fingerprint density at radius 2 is 1.05 bits per heavy atom. The second kappa shape index (κ2) is 14.9. The van der Waals surface area contributed by atoms with Gasteiger partial charge in [0, 0.05) is 38.3 Å². The molecule has 0 radical (unpaired) electrons. The van der Waals surface area contributed by atoms with Crippen LogP contribution in [0.25, 0.3) is 11.1 Å². The molecule has 1 fully saturated rings. The van der Waals surface area contributed by atoms with Crippen molar-refractivity contribution in [2.45, 2.75) is 6.54 Å². The third-order valence-corrected chi connectivity index (χ3v) is 5.40. The maximum atomic E-state index is 12.7. The van der Waals surface area contributed by atoms with Gasteiger partial charge < -0.3 is 0 Å². The quantitative estimate of drug-likeness (QED) is 0.343. The summed E-state index contributed by atoms with van der Waals surface area (Å²) < 4.78 is 51.7. The summed E-state index contributed by atoms with van der Waals surface area (Å²) in [5.74, 6) is 0.205. The maximum absolute atomic E-state index is 12.7. The molecule has 0 atom stereocenters. The van der Waals surface area contributed by atoms with Crippen molar-refractivity contribution in [2.75, 3.05) is 45.2 Å². The van der Waals surface area contributed by atoms with E-state index >= 15 is 0 Å². The third kappa shape index (κ3) is 14.1. The summed E-state index contributed by atoms with van der Waals surface area (Å²) >= 11 is 0. The molecule has 38 heavy (non-hydrogen) atoms. The minimum Gasteiger partial charge on any atom is -0.297 e. The SMILES string of the molecule is CS(=O)(=O)O.CS(=O)(=O)O.O=C(CN1CCN(Cc2ccccc2)CC1)c1ccc(-c2ccccc2)cc1. The Labute approximate surface area is 225 Å². The number of rotatable bonds is 6. The van der Waals surface area contributed by atoms with Crippen LogP contribution in [0.15, 0.2) is 84.9 Å². The van der Waals surface area contributed by atoms with Crippen LogP contribution in [-0.4, -0.2) is 86.8 Å². The Morgan fingerprint density at radius 1 is 0.658 bits per heavy atom. The molecule has 0 saturated carbocycles. The van der Waals surface area contributed by atoms with Crippen LogP contribution < -0.4 is 0 Å². The molecule has 1 aliphatic rings. The van der Waals surface area contributed by atoms with E-state index in [2.05, 4.69) is 52.3 Å². The van der Waals surface area contributed by atoms with Gasteiger partial charge >= 0.3 is 0 Å². The lowest BCUT2D eigenvalue weighted by Crippen LogP contribution is -2.47. The fourth-order valence-corrected chi connectivity index (χ4v) is 3.72. The van der Waals surface area contributed by atoms with Crippen molar-refractivity contribution >= 4 is 26.0 Å². The average Bonchev–Trinajstić information content (AvgIpc) is 2.84. The average molecular weight is 563 g/mol. The summed E-state index contributed by atoms with van der Waals surface area (Å²) in [7, 11) is -7.33. The molecule has 0 aliphatic carbocycles. The lowest BCUT2D eigenvalue weighted by molar-refractivity contribution is 0.0843. The molecule has 1 heterocycles. The molecule has 0 aromatic heterocycles. The monoisotopic (exact) mass is 562 g/mol. The summed E-state index contributed by atoms with van der Waals surface area (Å²) in [6.45, 7) is 5.40. The smallest absolute Gasteiger partial charge is 0.261 e. The Bertz CT molecular complexity index is 1290. The molecular formula is C27H34N2O7S2. The number of Topliss-reactive ketones (excluding diaryl/α,β-unsaturated/α-hetero) is 1. The van der Waals surface area contributed by atoms with E-state index in [4.69, 9.17) is 9.11 Å². The van der Waals surface area contributed by atoms with Gasteiger partial charge in [0.1, 0.15) is 0 Å². The summed E-state index contributed by atoms with van der Waals surface area (Å²) in [6, 6.07) is 28.8. The standard InChI is InChI=1S/C25H26N2O.2CH4O3S/c28-25(24-13-11-23(12-14-24)22-9-5-2-6-10-22)20-27-17-15-26(16-18-27)19-21-7-3-1-4-8-21;2*1-5(2,3)4/h1-14H,15-20H2;2*1H3,(H,2,3,4). The Balaban J connectivity index is 0.000000435. The van der Waals surface area contributed by atoms with E-state index in [0.717, 1.165) is 43.9 Å². The zero-order valence-corrected chi connectivity index (χ0v) is 23.1. The second-order valence-corrected chi connectivity index (χ2v) is 11.8. The first-order chi connectivity index (χ1) is 17.8. The van der Waals surface area contributed by atoms with Crippen LogP contribution in [-0.2, 0) is 26.8 Å². The van der Waals surface area contributed by atoms with E-state index in [9.17, 15) is 21.6 Å². The van der Waals surface area contributed by atoms with Crippen molar-refractivity contribution in [3.63, 3.8) is 0 Å². The first-order valence-corrected chi connectivity index (χ1v) is 15.5. The number of benzene rings is 3. The fraction of sp³-hybridized carbons (Fsp3) is 0.296. The van der Waals surface area contributed by atoms with Crippen LogP contribution in [0.4, 0.5) is 0 Å². The molecule has 0 unspecified atom stereocenters. The molecule has 2 N–H and O–H groups in total. The number of carbonyl (C=O) groups is 1. The highest BCUT2D eigenvalue weighted by molar-refractivity contribution is 7.85. The number of nitrogens with zero attached hydrogens (tertiary/aromatic N) is 2. The zero-order chi connectivity index (χ0) is 28.2. The summed E-state index contributed by atoms with van der Waals surface area (Å²) in [4.78, 5) is 17.4. The van der Waals surface area contributed by atoms with E-state index in [1.807, 2.05) is 42.5 Å². The van der Waals surface area contributed by atoms with Gasteiger partial charge in [-0.25, -0.2) is 0 Å². The van der Waals surface area contributed by atoms with E-state index < -0.39 is 20.2 Å². The predicted octanol–water partition coefficient (Wildman–Crippen LogP) is 3.36. The predicted molar refractivity (Wildman–Crippen MR) is 149 cm³/mol. The highest BCUT2D eigenvalue weighted by Crippen LogP contribution is 2.19. The molecule has 0 bridgehead atoms. The van der Waals surface area contributed by atoms with E-state index in [-0.39, 0.29) is 5.78 Å². The largest absolute Gasteiger partial charge is 0.297 e. The van der Waals surface area contributed by atoms with Gasteiger partial charge in [-0.05, 0) is 16.7 Å². The first-order valence-electron chi connectivity index (χ1n) is 11.8. The van der Waals surface area contributed by atoms with Gasteiger partial charge in [0.05, 0.1) is 19.1 Å². The number of hydrogen-bond donors (Lipinski definition) is 2. The van der Waals surface area contributed by atoms with Crippen LogP contribution in [0.2, 0.25) is 0 Å². The highest BCUT2D eigenvalue weighted by Gasteiger charge is 2.19. The van der Waals surface area contributed by atoms with Crippen LogP contribution >= 0.6 is 0 Å². The van der Waals surface area contributed by atoms with Crippen molar-refractivity contribution in [1.29, 1.82) is 0 Å². The normalized spacial score (nSPS) is 14.4. The number of hydrogen-bond acceptors (Lipinski definition) is 7. The van der Waals surface area contributed by atoms with Gasteiger partial charge in [0.2, 0.25) is 0 Å². The molecular weight excluding hydrogens is 528 g/mol. The van der Waals surface area contributed by atoms with Crippen molar-refractivity contribution in [2.24, 2.45) is 0 Å². The topological polar surface area (TPSA) is 132 Å². The molecule has 1 saturated heterocycles. The fourth-order valence-electron chi connectivity index (χ4n) is 3.72. The summed E-state index contributed by atoms with van der Waals surface area (Å²) in [6.07, 6.45) is 1.43. The van der Waals surface area contributed by atoms with Gasteiger partial charge in [-0.15, -0.1) is 0 Å². The van der Waals surface area contributed by atoms with Crippen LogP contribution in [0.3, 0.4) is 0 Å². The Morgan fingerprint density at radius 3 is 1.53 bits per heavy atom. The highest BCUT2D eigenvalue weighted by atomic mass is 32.2. The number of ketones is 1. The van der Waals surface area contributed by atoms with E-state index in [1.165, 1.54) is 11.1 Å². The summed E-state index contributed by atoms with van der Waals surface area (Å²) in [5, 5.41) is 0. The minimum atomic E-state index is -3.67. The van der Waals surface area contributed by atoms with Gasteiger partial charge in [-0.1, -0.05) is 84.9 Å². The molecule has 9 nitrogen and oxygen atoms in total. The van der Waals surface area contributed by atoms with Gasteiger partial charge in [0.15, 0.2) is 5.78 Å². The van der Waals surface area contributed by atoms with Crippen LogP contribution in [0, 0.1) is 0 Å². The van der Waals surface area contributed by atoms with Crippen LogP contribution in [0.5, 0.6) is 0 Å². The van der Waals surface area contributed by atoms with Crippen LogP contribution in [0.1, 0.15) is 15.9 Å². The maximum Gasteiger partial charge on any atom is 0.261 e. The van der Waals surface area contributed by atoms with Gasteiger partial charge in [0.25, 0.3) is 20.2 Å². The molecule has 3 aromatic carbocycles. The molecule has 11 heteroatoms. The third-order valence-electron chi connectivity index (χ3n) is 5.40. The minimum absolute atomic E-state index is 0.205. The Hall–Kier alpha value is -2.93. The van der Waals surface area contributed by atoms with Crippen molar-refractivity contribution in [1.82, 2.24) is 9.80 Å². The lowest BCUT2D eigenvalue weighted by atomic mass is 10.0. The zero-order valence-electron chi connectivity index (χ0n) is 21.5. The molecule has 0 amide bonds. The van der Waals surface area contributed by atoms with Gasteiger partial charge in [-0.3, -0.25) is 23.7 Å². The van der Waals surface area contributed by atoms with E-state index in [1.54, 1.807) is 0 Å². The molecule has 1 aliphatic heterocycles. The first kappa shape index (κ1) is 31.3. The van der Waals surface area contributed by atoms with Crippen molar-refractivity contribution < 1.29 is 30.7 Å². The number of carbonyl (C=O) groups excluding carboxylic acids is 1. The molecule has 0 spiro atoms.